The Morgan fingerprint density at radius 2 is 2.10 bits per heavy atom. The zero-order chi connectivity index (χ0) is 15.5. The lowest BCUT2D eigenvalue weighted by molar-refractivity contribution is -0.243. The summed E-state index contributed by atoms with van der Waals surface area (Å²) in [6, 6.07) is -1.04. The molecular formula is C10H18NO8P. The molecule has 1 saturated heterocycles. The van der Waals surface area contributed by atoms with Crippen LogP contribution in [-0.2, 0) is 28.2 Å². The van der Waals surface area contributed by atoms with Gasteiger partial charge < -0.3 is 29.6 Å². The van der Waals surface area contributed by atoms with Crippen LogP contribution < -0.4 is 5.32 Å². The number of hydrogen-bond donors (Lipinski definition) is 3. The molecule has 1 heterocycles. The van der Waals surface area contributed by atoms with Crippen molar-refractivity contribution in [2.75, 3.05) is 13.8 Å². The van der Waals surface area contributed by atoms with Gasteiger partial charge in [0.2, 0.25) is 5.91 Å². The van der Waals surface area contributed by atoms with E-state index in [1.807, 2.05) is 0 Å². The Labute approximate surface area is 115 Å². The highest BCUT2D eigenvalue weighted by atomic mass is 31.2. The van der Waals surface area contributed by atoms with E-state index in [9.17, 15) is 24.2 Å². The third-order valence-corrected chi connectivity index (χ3v) is 3.30. The lowest BCUT2D eigenvalue weighted by Crippen LogP contribution is -2.64. The number of aliphatic hydroxyl groups is 1. The topological polar surface area (TPSA) is 131 Å². The fraction of sp³-hybridized carbons (Fsp3) is 0.800. The minimum absolute atomic E-state index is 0.333. The monoisotopic (exact) mass is 311 g/mol. The second-order valence-corrected chi connectivity index (χ2v) is 6.25. The molecule has 0 radical (unpaired) electrons. The molecule has 1 amide bonds. The Balaban J connectivity index is 2.99. The Morgan fingerprint density at radius 3 is 2.50 bits per heavy atom. The second-order valence-electron chi connectivity index (χ2n) is 4.43. The van der Waals surface area contributed by atoms with Crippen LogP contribution in [-0.4, -0.2) is 66.6 Å². The number of rotatable bonds is 5. The van der Waals surface area contributed by atoms with Gasteiger partial charge in [-0.25, -0.2) is 0 Å². The molecule has 0 aromatic rings. The van der Waals surface area contributed by atoms with Gasteiger partial charge in [0.1, 0.15) is 24.4 Å². The summed E-state index contributed by atoms with van der Waals surface area (Å²) in [7, 11) is -2.69. The molecule has 0 aliphatic carbocycles. The van der Waals surface area contributed by atoms with Crippen LogP contribution in [0.4, 0.5) is 0 Å². The lowest BCUT2D eigenvalue weighted by atomic mass is 9.97. The van der Waals surface area contributed by atoms with Gasteiger partial charge in [-0.3, -0.25) is 13.9 Å². The average Bonchev–Trinajstić information content (AvgIpc) is 2.32. The van der Waals surface area contributed by atoms with Crippen molar-refractivity contribution >= 4 is 19.8 Å². The van der Waals surface area contributed by atoms with E-state index in [-0.39, 0.29) is 0 Å². The van der Waals surface area contributed by atoms with Crippen LogP contribution >= 0.6 is 7.60 Å². The third kappa shape index (κ3) is 4.34. The molecule has 10 heteroatoms. The number of methoxy groups -OCH3 is 1. The molecule has 0 bridgehead atoms. The van der Waals surface area contributed by atoms with Crippen LogP contribution in [0.1, 0.15) is 6.92 Å². The van der Waals surface area contributed by atoms with Gasteiger partial charge in [-0.15, -0.1) is 0 Å². The van der Waals surface area contributed by atoms with Crippen LogP contribution in [0.3, 0.4) is 0 Å². The van der Waals surface area contributed by atoms with Gasteiger partial charge in [-0.05, 0) is 0 Å². The Kier molecular flexibility index (Phi) is 5.81. The van der Waals surface area contributed by atoms with Crippen molar-refractivity contribution in [3.63, 3.8) is 0 Å². The lowest BCUT2D eigenvalue weighted by Gasteiger charge is -2.42. The first-order valence-corrected chi connectivity index (χ1v) is 7.79. The SMILES string of the molecule is COC1OC(C=O)C(OP(C)(=O)O)C(O)C1NC(C)=O. The predicted octanol–water partition coefficient (Wildman–Crippen LogP) is -1.38. The Morgan fingerprint density at radius 1 is 1.50 bits per heavy atom. The van der Waals surface area contributed by atoms with Crippen molar-refractivity contribution in [3.8, 4) is 0 Å². The second kappa shape index (κ2) is 6.75. The maximum Gasteiger partial charge on any atom is 0.325 e. The molecule has 20 heavy (non-hydrogen) atoms. The summed E-state index contributed by atoms with van der Waals surface area (Å²) < 4.78 is 26.2. The van der Waals surface area contributed by atoms with E-state index in [0.29, 0.717) is 6.29 Å². The summed E-state index contributed by atoms with van der Waals surface area (Å²) in [5, 5.41) is 12.5. The first kappa shape index (κ1) is 17.2. The number of aliphatic hydroxyl groups excluding tert-OH is 1. The van der Waals surface area contributed by atoms with E-state index in [0.717, 1.165) is 6.66 Å². The van der Waals surface area contributed by atoms with E-state index < -0.39 is 44.1 Å². The van der Waals surface area contributed by atoms with E-state index in [1.54, 1.807) is 0 Å². The van der Waals surface area contributed by atoms with Gasteiger partial charge in [0, 0.05) is 20.7 Å². The number of carbonyl (C=O) groups excluding carboxylic acids is 2. The quantitative estimate of drug-likeness (QED) is 0.418. The fourth-order valence-corrected chi connectivity index (χ4v) is 2.62. The summed E-state index contributed by atoms with van der Waals surface area (Å²) in [6.07, 6.45) is -4.89. The number of nitrogens with one attached hydrogen (secondary N) is 1. The van der Waals surface area contributed by atoms with Crippen LogP contribution in [0.25, 0.3) is 0 Å². The van der Waals surface area contributed by atoms with Gasteiger partial charge in [0.25, 0.3) is 0 Å². The third-order valence-electron chi connectivity index (χ3n) is 2.67. The number of amides is 1. The van der Waals surface area contributed by atoms with Gasteiger partial charge >= 0.3 is 7.60 Å². The predicted molar refractivity (Wildman–Crippen MR) is 66.0 cm³/mol. The Hall–Kier alpha value is -0.830. The minimum atomic E-state index is -3.96. The summed E-state index contributed by atoms with van der Waals surface area (Å²) in [4.78, 5) is 31.3. The van der Waals surface area contributed by atoms with Crippen molar-refractivity contribution in [3.05, 3.63) is 0 Å². The number of carbonyl (C=O) groups is 2. The molecule has 6 unspecified atom stereocenters. The van der Waals surface area contributed by atoms with Crippen LogP contribution in [0.15, 0.2) is 0 Å². The molecule has 6 atom stereocenters. The van der Waals surface area contributed by atoms with Gasteiger partial charge in [-0.1, -0.05) is 0 Å². The zero-order valence-electron chi connectivity index (χ0n) is 11.3. The van der Waals surface area contributed by atoms with Crippen LogP contribution in [0.5, 0.6) is 0 Å². The Bertz CT molecular complexity index is 410. The molecule has 1 fully saturated rings. The molecule has 9 nitrogen and oxygen atoms in total. The summed E-state index contributed by atoms with van der Waals surface area (Å²) >= 11 is 0. The number of hydrogen-bond acceptors (Lipinski definition) is 7. The molecule has 0 aromatic heterocycles. The zero-order valence-corrected chi connectivity index (χ0v) is 12.1. The van der Waals surface area contributed by atoms with Crippen molar-refractivity contribution in [1.82, 2.24) is 5.32 Å². The average molecular weight is 311 g/mol. The van der Waals surface area contributed by atoms with E-state index in [2.05, 4.69) is 5.32 Å². The maximum atomic E-state index is 11.3. The minimum Gasteiger partial charge on any atom is -0.388 e. The van der Waals surface area contributed by atoms with Gasteiger partial charge in [-0.2, -0.15) is 0 Å². The summed E-state index contributed by atoms with van der Waals surface area (Å²) in [6.45, 7) is 2.13. The fourth-order valence-electron chi connectivity index (χ4n) is 1.92. The number of aldehydes is 1. The number of ether oxygens (including phenoxy) is 2. The highest BCUT2D eigenvalue weighted by molar-refractivity contribution is 7.51. The van der Waals surface area contributed by atoms with Crippen molar-refractivity contribution in [2.24, 2.45) is 0 Å². The van der Waals surface area contributed by atoms with Gasteiger partial charge in [0.05, 0.1) is 0 Å². The van der Waals surface area contributed by atoms with Crippen molar-refractivity contribution in [2.45, 2.75) is 37.6 Å². The van der Waals surface area contributed by atoms with Crippen molar-refractivity contribution in [1.29, 1.82) is 0 Å². The first-order valence-electron chi connectivity index (χ1n) is 5.77. The van der Waals surface area contributed by atoms with Crippen LogP contribution in [0.2, 0.25) is 0 Å². The summed E-state index contributed by atoms with van der Waals surface area (Å²) in [5.41, 5.74) is 0. The van der Waals surface area contributed by atoms with E-state index in [4.69, 9.17) is 14.0 Å². The van der Waals surface area contributed by atoms with E-state index in [1.165, 1.54) is 14.0 Å². The molecular weight excluding hydrogens is 293 g/mol. The largest absolute Gasteiger partial charge is 0.388 e. The molecule has 0 aromatic carbocycles. The molecule has 0 spiro atoms. The molecule has 3 N–H and O–H groups in total. The van der Waals surface area contributed by atoms with Gasteiger partial charge in [0.15, 0.2) is 12.6 Å². The molecule has 1 rings (SSSR count). The molecule has 116 valence electrons. The van der Waals surface area contributed by atoms with Crippen LogP contribution in [0, 0.1) is 0 Å². The molecule has 1 aliphatic rings. The normalized spacial score (nSPS) is 37.0. The maximum absolute atomic E-state index is 11.3. The first-order chi connectivity index (χ1) is 9.19. The molecule has 0 saturated carbocycles. The summed E-state index contributed by atoms with van der Waals surface area (Å²) in [5.74, 6) is -0.466. The smallest absolute Gasteiger partial charge is 0.325 e. The van der Waals surface area contributed by atoms with Crippen molar-refractivity contribution < 1.29 is 38.2 Å². The standard InChI is InChI=1S/C10H18NO8P/c1-5(13)11-7-8(14)9(19-20(3,15)16)6(4-12)18-10(7)17-2/h4,6-10,14H,1-3H3,(H,11,13)(H,15,16). The molecule has 1 aliphatic heterocycles. The van der Waals surface area contributed by atoms with E-state index >= 15 is 0 Å². The highest BCUT2D eigenvalue weighted by Gasteiger charge is 2.48. The highest BCUT2D eigenvalue weighted by Crippen LogP contribution is 2.41.